The van der Waals surface area contributed by atoms with Crippen molar-refractivity contribution < 1.29 is 14.3 Å². The fourth-order valence-corrected chi connectivity index (χ4v) is 2.55. The first-order valence-electron chi connectivity index (χ1n) is 6.74. The van der Waals surface area contributed by atoms with E-state index in [1.165, 1.54) is 6.07 Å². The van der Waals surface area contributed by atoms with Gasteiger partial charge in [0, 0.05) is 10.6 Å². The van der Waals surface area contributed by atoms with Crippen molar-refractivity contribution in [2.75, 3.05) is 6.79 Å². The minimum Gasteiger partial charge on any atom is -0.454 e. The number of hydrazone groups is 1. The number of hydrogen-bond donors (Lipinski definition) is 1. The molecule has 0 aliphatic carbocycles. The summed E-state index contributed by atoms with van der Waals surface area (Å²) < 4.78 is 10.6. The lowest BCUT2D eigenvalue weighted by molar-refractivity contribution is 0.0955. The molecule has 0 aromatic heterocycles. The second-order valence-electron chi connectivity index (χ2n) is 4.83. The van der Waals surface area contributed by atoms with E-state index >= 15 is 0 Å². The Morgan fingerprint density at radius 1 is 1.13 bits per heavy atom. The van der Waals surface area contributed by atoms with Crippen LogP contribution in [0.4, 0.5) is 0 Å². The number of benzene rings is 2. The van der Waals surface area contributed by atoms with E-state index in [4.69, 9.17) is 32.7 Å². The molecule has 1 amide bonds. The molecule has 1 N–H and O–H groups in total. The second-order valence-corrected chi connectivity index (χ2v) is 5.67. The maximum absolute atomic E-state index is 12.1. The molecule has 2 aromatic rings. The van der Waals surface area contributed by atoms with E-state index in [-0.39, 0.29) is 11.8 Å². The molecular formula is C16H12Cl2N2O3. The van der Waals surface area contributed by atoms with Crippen LogP contribution in [0.2, 0.25) is 10.0 Å². The quantitative estimate of drug-likeness (QED) is 0.674. The Hall–Kier alpha value is -2.24. The summed E-state index contributed by atoms with van der Waals surface area (Å²) in [6.45, 7) is 1.99. The van der Waals surface area contributed by atoms with E-state index in [1.807, 2.05) is 12.1 Å². The van der Waals surface area contributed by atoms with E-state index in [0.29, 0.717) is 27.8 Å². The average molecular weight is 351 g/mol. The third-order valence-corrected chi connectivity index (χ3v) is 3.84. The third kappa shape index (κ3) is 3.41. The number of halogens is 2. The summed E-state index contributed by atoms with van der Waals surface area (Å²) >= 11 is 11.8. The van der Waals surface area contributed by atoms with Gasteiger partial charge in [-0.3, -0.25) is 4.79 Å². The van der Waals surface area contributed by atoms with Crippen LogP contribution in [0.1, 0.15) is 22.8 Å². The van der Waals surface area contributed by atoms with E-state index in [2.05, 4.69) is 10.5 Å². The summed E-state index contributed by atoms with van der Waals surface area (Å²) in [5.74, 6) is 0.939. The van der Waals surface area contributed by atoms with Crippen molar-refractivity contribution in [3.63, 3.8) is 0 Å². The monoisotopic (exact) mass is 350 g/mol. The van der Waals surface area contributed by atoms with Crippen molar-refractivity contribution in [1.82, 2.24) is 5.43 Å². The summed E-state index contributed by atoms with van der Waals surface area (Å²) in [4.78, 5) is 12.1. The maximum Gasteiger partial charge on any atom is 0.272 e. The van der Waals surface area contributed by atoms with Crippen LogP contribution in [-0.4, -0.2) is 18.4 Å². The van der Waals surface area contributed by atoms with Crippen molar-refractivity contribution in [2.45, 2.75) is 6.92 Å². The fraction of sp³-hybridized carbons (Fsp3) is 0.125. The molecule has 0 spiro atoms. The van der Waals surface area contributed by atoms with Gasteiger partial charge in [0.05, 0.1) is 16.3 Å². The molecule has 0 bridgehead atoms. The Balaban J connectivity index is 1.75. The van der Waals surface area contributed by atoms with Gasteiger partial charge in [-0.05, 0) is 43.3 Å². The summed E-state index contributed by atoms with van der Waals surface area (Å²) in [5, 5.41) is 4.82. The molecule has 1 heterocycles. The molecule has 0 saturated carbocycles. The third-order valence-electron chi connectivity index (χ3n) is 3.29. The molecule has 0 saturated heterocycles. The van der Waals surface area contributed by atoms with Crippen molar-refractivity contribution in [2.24, 2.45) is 5.10 Å². The number of nitrogens with zero attached hydrogens (tertiary/aromatic N) is 1. The van der Waals surface area contributed by atoms with Crippen molar-refractivity contribution in [3.8, 4) is 11.5 Å². The number of ether oxygens (including phenoxy) is 2. The predicted octanol–water partition coefficient (Wildman–Crippen LogP) is 3.88. The van der Waals surface area contributed by atoms with Crippen LogP contribution < -0.4 is 14.9 Å². The first kappa shape index (κ1) is 15.6. The highest BCUT2D eigenvalue weighted by Gasteiger charge is 2.14. The van der Waals surface area contributed by atoms with Gasteiger partial charge in [0.25, 0.3) is 5.91 Å². The molecule has 0 radical (unpaired) electrons. The van der Waals surface area contributed by atoms with Crippen LogP contribution in [0.15, 0.2) is 41.5 Å². The molecular weight excluding hydrogens is 339 g/mol. The SMILES string of the molecule is C/C(=N\NC(=O)c1ccc(Cl)cc1Cl)c1ccc2c(c1)OCO2. The van der Waals surface area contributed by atoms with Crippen LogP contribution in [0.25, 0.3) is 0 Å². The highest BCUT2D eigenvalue weighted by molar-refractivity contribution is 6.36. The number of nitrogens with one attached hydrogen (secondary N) is 1. The molecule has 0 unspecified atom stereocenters. The molecule has 2 aromatic carbocycles. The average Bonchev–Trinajstić information content (AvgIpc) is 2.99. The normalized spacial score (nSPS) is 13.1. The first-order valence-corrected chi connectivity index (χ1v) is 7.50. The van der Waals surface area contributed by atoms with E-state index in [0.717, 1.165) is 5.56 Å². The molecule has 0 atom stereocenters. The minimum absolute atomic E-state index is 0.209. The minimum atomic E-state index is -0.410. The summed E-state index contributed by atoms with van der Waals surface area (Å²) in [6, 6.07) is 10.1. The number of amides is 1. The number of fused-ring (bicyclic) bond motifs is 1. The molecule has 23 heavy (non-hydrogen) atoms. The van der Waals surface area contributed by atoms with E-state index < -0.39 is 5.91 Å². The molecule has 7 heteroatoms. The van der Waals surface area contributed by atoms with Crippen molar-refractivity contribution in [3.05, 3.63) is 57.6 Å². The van der Waals surface area contributed by atoms with Gasteiger partial charge in [-0.2, -0.15) is 5.10 Å². The molecule has 0 fully saturated rings. The lowest BCUT2D eigenvalue weighted by Crippen LogP contribution is -2.19. The number of rotatable bonds is 3. The Morgan fingerprint density at radius 2 is 1.91 bits per heavy atom. The van der Waals surface area contributed by atoms with Crippen LogP contribution in [0.3, 0.4) is 0 Å². The lowest BCUT2D eigenvalue weighted by atomic mass is 10.1. The highest BCUT2D eigenvalue weighted by Crippen LogP contribution is 2.32. The second kappa shape index (κ2) is 6.48. The zero-order chi connectivity index (χ0) is 16.4. The molecule has 3 rings (SSSR count). The number of hydrogen-bond acceptors (Lipinski definition) is 4. The molecule has 5 nitrogen and oxygen atoms in total. The summed E-state index contributed by atoms with van der Waals surface area (Å²) in [7, 11) is 0. The number of carbonyl (C=O) groups excluding carboxylic acids is 1. The Morgan fingerprint density at radius 3 is 2.70 bits per heavy atom. The zero-order valence-electron chi connectivity index (χ0n) is 12.1. The fourth-order valence-electron chi connectivity index (χ4n) is 2.05. The largest absolute Gasteiger partial charge is 0.454 e. The molecule has 1 aliphatic rings. The van der Waals surface area contributed by atoms with Crippen LogP contribution in [0, 0.1) is 0 Å². The first-order chi connectivity index (χ1) is 11.0. The van der Waals surface area contributed by atoms with E-state index in [1.54, 1.807) is 25.1 Å². The van der Waals surface area contributed by atoms with Gasteiger partial charge in [0.2, 0.25) is 6.79 Å². The summed E-state index contributed by atoms with van der Waals surface area (Å²) in [5.41, 5.74) is 4.22. The zero-order valence-corrected chi connectivity index (χ0v) is 13.6. The van der Waals surface area contributed by atoms with E-state index in [9.17, 15) is 4.79 Å². The highest BCUT2D eigenvalue weighted by atomic mass is 35.5. The van der Waals surface area contributed by atoms with Gasteiger partial charge in [-0.1, -0.05) is 23.2 Å². The topological polar surface area (TPSA) is 59.9 Å². The maximum atomic E-state index is 12.1. The lowest BCUT2D eigenvalue weighted by Gasteiger charge is -2.05. The standard InChI is InChI=1S/C16H12Cl2N2O3/c1-9(10-2-5-14-15(6-10)23-8-22-14)19-20-16(21)12-4-3-11(17)7-13(12)18/h2-7H,8H2,1H3,(H,20,21)/b19-9+. The smallest absolute Gasteiger partial charge is 0.272 e. The number of carbonyl (C=O) groups is 1. The summed E-state index contributed by atoms with van der Waals surface area (Å²) in [6.07, 6.45) is 0. The van der Waals surface area contributed by atoms with Crippen LogP contribution in [0.5, 0.6) is 11.5 Å². The predicted molar refractivity (Wildman–Crippen MR) is 88.7 cm³/mol. The van der Waals surface area contributed by atoms with Gasteiger partial charge in [-0.15, -0.1) is 0 Å². The van der Waals surface area contributed by atoms with Gasteiger partial charge in [0.15, 0.2) is 11.5 Å². The Kier molecular flexibility index (Phi) is 4.41. The van der Waals surface area contributed by atoms with Crippen LogP contribution in [-0.2, 0) is 0 Å². The van der Waals surface area contributed by atoms with Gasteiger partial charge < -0.3 is 9.47 Å². The van der Waals surface area contributed by atoms with Crippen molar-refractivity contribution in [1.29, 1.82) is 0 Å². The molecule has 118 valence electrons. The molecule has 1 aliphatic heterocycles. The van der Waals surface area contributed by atoms with Crippen molar-refractivity contribution >= 4 is 34.8 Å². The van der Waals surface area contributed by atoms with Crippen LogP contribution >= 0.6 is 23.2 Å². The van der Waals surface area contributed by atoms with Gasteiger partial charge in [0.1, 0.15) is 0 Å². The van der Waals surface area contributed by atoms with Gasteiger partial charge >= 0.3 is 0 Å². The Bertz CT molecular complexity index is 806. The van der Waals surface area contributed by atoms with Gasteiger partial charge in [-0.25, -0.2) is 5.43 Å². The Labute approximate surface area is 142 Å².